The third kappa shape index (κ3) is 5.19. The van der Waals surface area contributed by atoms with Crippen LogP contribution in [0.3, 0.4) is 0 Å². The van der Waals surface area contributed by atoms with E-state index in [9.17, 15) is 0 Å². The minimum atomic E-state index is -0.530. The first-order valence-electron chi connectivity index (χ1n) is 15.8. The summed E-state index contributed by atoms with van der Waals surface area (Å²) in [5.74, 6) is 1.14. The number of hydrogen-bond donors (Lipinski definition) is 1. The summed E-state index contributed by atoms with van der Waals surface area (Å²) >= 11 is 0. The molecule has 5 nitrogen and oxygen atoms in total. The van der Waals surface area contributed by atoms with Crippen LogP contribution in [0.25, 0.3) is 49.6 Å². The molecular weight excluding hydrogens is 758 g/mol. The third-order valence-electron chi connectivity index (χ3n) is 8.99. The average Bonchev–Trinajstić information content (AvgIpc) is 3.48. The second-order valence-corrected chi connectivity index (χ2v) is 12.6. The van der Waals surface area contributed by atoms with Gasteiger partial charge in [-0.3, -0.25) is 4.98 Å². The standard InChI is InChI=1S/C41H33N5.Pt/c1-26(2)29-23-24-35(45-39(29)42-28-17-9-6-10-18-28)41(3,4)36-25-31(27-15-7-5-8-16-27)37-38(44-36)30-19-11-13-21-33(30)46-34-22-14-12-20-32(34)43-40(37)46;/h5-17,20-26H,1-4H3,(H,42,45);/q-2;+2. The Bertz CT molecular complexity index is 2400. The van der Waals surface area contributed by atoms with Crippen LogP contribution in [-0.2, 0) is 26.5 Å². The van der Waals surface area contributed by atoms with E-state index in [2.05, 4.69) is 122 Å². The van der Waals surface area contributed by atoms with Crippen molar-refractivity contribution in [1.82, 2.24) is 19.4 Å². The average molecular weight is 791 g/mol. The first-order valence-corrected chi connectivity index (χ1v) is 15.8. The fourth-order valence-electron chi connectivity index (χ4n) is 6.47. The van der Waals surface area contributed by atoms with Gasteiger partial charge in [-0.05, 0) is 66.2 Å². The summed E-state index contributed by atoms with van der Waals surface area (Å²) in [5.41, 5.74) is 10.4. The summed E-state index contributed by atoms with van der Waals surface area (Å²) in [6, 6.07) is 46.3. The smallest absolute Gasteiger partial charge is 0.363 e. The monoisotopic (exact) mass is 790 g/mol. The number of para-hydroxylation sites is 3. The fraction of sp³-hybridized carbons (Fsp3) is 0.146. The SMILES string of the molecule is CC(C)c1ccc(C(C)(C)c2cc(-c3ccccc3)c3c(n2)c2[c-]cccc2n2c4ccccc4nc32)nc1Nc1[c-]cccc1.[Pt+2]. The van der Waals surface area contributed by atoms with E-state index in [0.717, 1.165) is 78.1 Å². The van der Waals surface area contributed by atoms with Gasteiger partial charge in [-0.25, -0.2) is 9.97 Å². The van der Waals surface area contributed by atoms with Crippen molar-refractivity contribution in [2.75, 3.05) is 5.32 Å². The largest absolute Gasteiger partial charge is 2.00 e. The molecule has 0 unspecified atom stereocenters. The predicted molar refractivity (Wildman–Crippen MR) is 189 cm³/mol. The van der Waals surface area contributed by atoms with E-state index >= 15 is 0 Å². The number of nitrogens with zero attached hydrogens (tertiary/aromatic N) is 4. The second kappa shape index (κ2) is 12.1. The van der Waals surface area contributed by atoms with Gasteiger partial charge in [0.05, 0.1) is 16.7 Å². The van der Waals surface area contributed by atoms with Crippen LogP contribution in [0.2, 0.25) is 0 Å². The minimum absolute atomic E-state index is 0. The van der Waals surface area contributed by atoms with E-state index in [0.29, 0.717) is 5.92 Å². The van der Waals surface area contributed by atoms with Crippen LogP contribution in [0.15, 0.2) is 115 Å². The zero-order valence-electron chi connectivity index (χ0n) is 26.7. The Morgan fingerprint density at radius 2 is 1.47 bits per heavy atom. The van der Waals surface area contributed by atoms with Gasteiger partial charge in [0.2, 0.25) is 0 Å². The van der Waals surface area contributed by atoms with Crippen molar-refractivity contribution in [1.29, 1.82) is 0 Å². The normalized spacial score (nSPS) is 11.9. The number of rotatable bonds is 6. The van der Waals surface area contributed by atoms with E-state index in [-0.39, 0.29) is 21.1 Å². The molecule has 47 heavy (non-hydrogen) atoms. The molecule has 0 aliphatic heterocycles. The summed E-state index contributed by atoms with van der Waals surface area (Å²) in [4.78, 5) is 15.9. The van der Waals surface area contributed by atoms with Gasteiger partial charge in [-0.2, -0.15) is 24.3 Å². The Hall–Kier alpha value is -4.86. The quantitative estimate of drug-likeness (QED) is 0.135. The molecule has 4 aromatic carbocycles. The van der Waals surface area contributed by atoms with Gasteiger partial charge < -0.3 is 9.72 Å². The number of fused-ring (bicyclic) bond motifs is 8. The Morgan fingerprint density at radius 3 is 2.26 bits per heavy atom. The van der Waals surface area contributed by atoms with Crippen LogP contribution in [0.5, 0.6) is 0 Å². The number of imidazole rings is 1. The summed E-state index contributed by atoms with van der Waals surface area (Å²) in [6.07, 6.45) is 0. The number of benzene rings is 4. The first-order chi connectivity index (χ1) is 22.4. The van der Waals surface area contributed by atoms with Gasteiger partial charge in [0, 0.05) is 22.0 Å². The van der Waals surface area contributed by atoms with Crippen LogP contribution in [0.4, 0.5) is 11.5 Å². The first kappa shape index (κ1) is 30.8. The van der Waals surface area contributed by atoms with Crippen molar-refractivity contribution in [2.45, 2.75) is 39.0 Å². The van der Waals surface area contributed by atoms with Crippen LogP contribution in [0.1, 0.15) is 50.6 Å². The Labute approximate surface area is 289 Å². The Balaban J connectivity index is 0.00000351. The number of aromatic nitrogens is 4. The van der Waals surface area contributed by atoms with Gasteiger partial charge in [0.15, 0.2) is 0 Å². The van der Waals surface area contributed by atoms with E-state index in [1.165, 1.54) is 0 Å². The molecule has 0 saturated heterocycles. The molecule has 8 rings (SSSR count). The van der Waals surface area contributed by atoms with Gasteiger partial charge in [-0.1, -0.05) is 68.1 Å². The molecule has 6 heteroatoms. The molecule has 4 heterocycles. The Kier molecular flexibility index (Phi) is 7.90. The molecule has 8 aromatic rings. The molecule has 232 valence electrons. The van der Waals surface area contributed by atoms with Crippen molar-refractivity contribution >= 4 is 50.0 Å². The van der Waals surface area contributed by atoms with Gasteiger partial charge in [0.1, 0.15) is 11.5 Å². The number of pyridine rings is 3. The van der Waals surface area contributed by atoms with Crippen molar-refractivity contribution in [3.05, 3.63) is 144 Å². The third-order valence-corrected chi connectivity index (χ3v) is 8.99. The number of anilines is 2. The van der Waals surface area contributed by atoms with Crippen molar-refractivity contribution in [3.8, 4) is 11.1 Å². The maximum atomic E-state index is 5.48. The van der Waals surface area contributed by atoms with Crippen molar-refractivity contribution in [3.63, 3.8) is 0 Å². The molecule has 0 fully saturated rings. The summed E-state index contributed by atoms with van der Waals surface area (Å²) < 4.78 is 2.26. The van der Waals surface area contributed by atoms with Crippen molar-refractivity contribution < 1.29 is 21.1 Å². The zero-order chi connectivity index (χ0) is 31.4. The van der Waals surface area contributed by atoms with Crippen LogP contribution >= 0.6 is 0 Å². The Morgan fingerprint density at radius 1 is 0.723 bits per heavy atom. The molecule has 0 aliphatic carbocycles. The molecule has 0 aliphatic rings. The van der Waals surface area contributed by atoms with Crippen LogP contribution in [0, 0.1) is 12.1 Å². The van der Waals surface area contributed by atoms with Crippen molar-refractivity contribution in [2.24, 2.45) is 0 Å². The molecule has 0 radical (unpaired) electrons. The maximum absolute atomic E-state index is 5.48. The van der Waals surface area contributed by atoms with Gasteiger partial charge in [0.25, 0.3) is 0 Å². The molecule has 0 atom stereocenters. The summed E-state index contributed by atoms with van der Waals surface area (Å²) in [5, 5.41) is 5.52. The molecule has 0 amide bonds. The van der Waals surface area contributed by atoms with E-state index in [4.69, 9.17) is 15.0 Å². The van der Waals surface area contributed by atoms with E-state index < -0.39 is 5.41 Å². The maximum Gasteiger partial charge on any atom is 2.00 e. The zero-order valence-corrected chi connectivity index (χ0v) is 28.9. The predicted octanol–water partition coefficient (Wildman–Crippen LogP) is 10.0. The fourth-order valence-corrected chi connectivity index (χ4v) is 6.47. The van der Waals surface area contributed by atoms with Crippen LogP contribution in [-0.4, -0.2) is 19.4 Å². The minimum Gasteiger partial charge on any atom is -0.363 e. The van der Waals surface area contributed by atoms with Crippen LogP contribution < -0.4 is 5.32 Å². The molecular formula is C41H33N5Pt. The van der Waals surface area contributed by atoms with E-state index in [1.54, 1.807) is 0 Å². The van der Waals surface area contributed by atoms with Gasteiger partial charge >= 0.3 is 21.1 Å². The van der Waals surface area contributed by atoms with E-state index in [1.807, 2.05) is 42.5 Å². The topological polar surface area (TPSA) is 55.1 Å². The number of nitrogens with one attached hydrogen (secondary N) is 1. The molecule has 4 aromatic heterocycles. The molecule has 0 spiro atoms. The van der Waals surface area contributed by atoms with Gasteiger partial charge in [-0.15, -0.1) is 35.7 Å². The molecule has 0 saturated carbocycles. The molecule has 1 N–H and O–H groups in total. The summed E-state index contributed by atoms with van der Waals surface area (Å²) in [6.45, 7) is 8.81. The summed E-state index contributed by atoms with van der Waals surface area (Å²) in [7, 11) is 0. The second-order valence-electron chi connectivity index (χ2n) is 12.6. The number of hydrogen-bond acceptors (Lipinski definition) is 4. The molecule has 0 bridgehead atoms.